The van der Waals surface area contributed by atoms with E-state index in [0.717, 1.165) is 25.7 Å². The molecule has 0 aromatic heterocycles. The summed E-state index contributed by atoms with van der Waals surface area (Å²) in [4.78, 5) is 11.4. The predicted molar refractivity (Wildman–Crippen MR) is 66.5 cm³/mol. The molecule has 1 rings (SSSR count). The van der Waals surface area contributed by atoms with Crippen LogP contribution in [-0.2, 0) is 4.79 Å². The van der Waals surface area contributed by atoms with Crippen LogP contribution in [0.2, 0.25) is 0 Å². The molecule has 0 aromatic rings. The van der Waals surface area contributed by atoms with Crippen LogP contribution in [0.25, 0.3) is 0 Å². The van der Waals surface area contributed by atoms with Crippen molar-refractivity contribution in [3.05, 3.63) is 0 Å². The van der Waals surface area contributed by atoms with Gasteiger partial charge < -0.3 is 5.11 Å². The van der Waals surface area contributed by atoms with E-state index in [1.165, 1.54) is 32.1 Å². The molecular formula is C14H26O2. The van der Waals surface area contributed by atoms with Gasteiger partial charge in [-0.1, -0.05) is 45.4 Å². The van der Waals surface area contributed by atoms with Crippen molar-refractivity contribution in [1.82, 2.24) is 0 Å². The molecular weight excluding hydrogens is 200 g/mol. The quantitative estimate of drug-likeness (QED) is 0.688. The monoisotopic (exact) mass is 226 g/mol. The number of hydrogen-bond donors (Lipinski definition) is 1. The molecule has 0 heterocycles. The molecule has 0 amide bonds. The normalized spacial score (nSPS) is 30.2. The second kappa shape index (κ2) is 6.27. The summed E-state index contributed by atoms with van der Waals surface area (Å²) in [7, 11) is 0. The van der Waals surface area contributed by atoms with E-state index in [0.29, 0.717) is 5.92 Å². The third-order valence-electron chi connectivity index (χ3n) is 4.29. The second-order valence-electron chi connectivity index (χ2n) is 5.51. The van der Waals surface area contributed by atoms with E-state index >= 15 is 0 Å². The molecule has 2 nitrogen and oxygen atoms in total. The third-order valence-corrected chi connectivity index (χ3v) is 4.29. The Bertz CT molecular complexity index is 225. The molecule has 1 aliphatic rings. The first-order valence-corrected chi connectivity index (χ1v) is 6.84. The van der Waals surface area contributed by atoms with E-state index in [9.17, 15) is 9.90 Å². The maximum Gasteiger partial charge on any atom is 0.309 e. The van der Waals surface area contributed by atoms with Crippen LogP contribution in [0.3, 0.4) is 0 Å². The number of carbonyl (C=O) groups is 1. The highest BCUT2D eigenvalue weighted by Gasteiger charge is 2.42. The zero-order chi connectivity index (χ0) is 12.0. The van der Waals surface area contributed by atoms with Gasteiger partial charge in [-0.3, -0.25) is 4.79 Å². The van der Waals surface area contributed by atoms with Gasteiger partial charge in [0.1, 0.15) is 0 Å². The molecule has 1 fully saturated rings. The fraction of sp³-hybridized carbons (Fsp3) is 0.929. The summed E-state index contributed by atoms with van der Waals surface area (Å²) in [5.74, 6) is -0.164. The van der Waals surface area contributed by atoms with E-state index in [1.807, 2.05) is 6.92 Å². The molecule has 2 heteroatoms. The zero-order valence-electron chi connectivity index (χ0n) is 10.8. The summed E-state index contributed by atoms with van der Waals surface area (Å²) in [6.45, 7) is 4.17. The van der Waals surface area contributed by atoms with E-state index in [4.69, 9.17) is 0 Å². The van der Waals surface area contributed by atoms with Gasteiger partial charge in [0.15, 0.2) is 0 Å². The van der Waals surface area contributed by atoms with Crippen LogP contribution >= 0.6 is 0 Å². The van der Waals surface area contributed by atoms with Crippen LogP contribution in [-0.4, -0.2) is 11.1 Å². The van der Waals surface area contributed by atoms with E-state index in [-0.39, 0.29) is 0 Å². The zero-order valence-corrected chi connectivity index (χ0v) is 10.8. The van der Waals surface area contributed by atoms with Gasteiger partial charge in [0, 0.05) is 0 Å². The summed E-state index contributed by atoms with van der Waals surface area (Å²) in [6.07, 6.45) is 10.4. The number of hydrogen-bond acceptors (Lipinski definition) is 1. The Kier molecular flexibility index (Phi) is 5.30. The van der Waals surface area contributed by atoms with Gasteiger partial charge in [-0.2, -0.15) is 0 Å². The summed E-state index contributed by atoms with van der Waals surface area (Å²) < 4.78 is 0. The molecule has 0 radical (unpaired) electrons. The average molecular weight is 226 g/mol. The van der Waals surface area contributed by atoms with Crippen molar-refractivity contribution in [2.75, 3.05) is 0 Å². The molecule has 16 heavy (non-hydrogen) atoms. The third kappa shape index (κ3) is 3.23. The van der Waals surface area contributed by atoms with E-state index < -0.39 is 11.4 Å². The molecule has 94 valence electrons. The van der Waals surface area contributed by atoms with Gasteiger partial charge >= 0.3 is 5.97 Å². The fourth-order valence-electron chi connectivity index (χ4n) is 2.97. The minimum absolute atomic E-state index is 0.413. The Labute approximate surface area is 99.4 Å². The first-order chi connectivity index (χ1) is 7.61. The van der Waals surface area contributed by atoms with Gasteiger partial charge in [-0.05, 0) is 32.1 Å². The smallest absolute Gasteiger partial charge is 0.309 e. The Morgan fingerprint density at radius 1 is 1.31 bits per heavy atom. The van der Waals surface area contributed by atoms with Crippen molar-refractivity contribution in [3.63, 3.8) is 0 Å². The van der Waals surface area contributed by atoms with Crippen molar-refractivity contribution in [3.8, 4) is 0 Å². The van der Waals surface area contributed by atoms with Gasteiger partial charge in [0.25, 0.3) is 0 Å². The Balaban J connectivity index is 2.44. The first-order valence-electron chi connectivity index (χ1n) is 6.84. The highest BCUT2D eigenvalue weighted by atomic mass is 16.4. The minimum atomic E-state index is -0.576. The van der Waals surface area contributed by atoms with Crippen LogP contribution in [0.1, 0.15) is 71.6 Å². The molecule has 2 atom stereocenters. The van der Waals surface area contributed by atoms with Crippen LogP contribution < -0.4 is 0 Å². The van der Waals surface area contributed by atoms with Gasteiger partial charge in [0.05, 0.1) is 5.41 Å². The number of carboxylic acids is 1. The lowest BCUT2D eigenvalue weighted by molar-refractivity contribution is -0.153. The largest absolute Gasteiger partial charge is 0.481 e. The molecule has 0 saturated heterocycles. The number of carboxylic acid groups (broad SMARTS) is 1. The first kappa shape index (κ1) is 13.5. The van der Waals surface area contributed by atoms with Crippen molar-refractivity contribution < 1.29 is 9.90 Å². The molecule has 1 saturated carbocycles. The lowest BCUT2D eigenvalue weighted by atomic mass is 9.66. The van der Waals surface area contributed by atoms with Crippen LogP contribution in [0.4, 0.5) is 0 Å². The lowest BCUT2D eigenvalue weighted by Crippen LogP contribution is -2.38. The van der Waals surface area contributed by atoms with Crippen molar-refractivity contribution in [2.24, 2.45) is 11.3 Å². The molecule has 0 spiro atoms. The van der Waals surface area contributed by atoms with Crippen molar-refractivity contribution in [1.29, 1.82) is 0 Å². The second-order valence-corrected chi connectivity index (χ2v) is 5.51. The Morgan fingerprint density at radius 2 is 2.06 bits per heavy atom. The molecule has 1 aliphatic carbocycles. The van der Waals surface area contributed by atoms with Gasteiger partial charge in [0.2, 0.25) is 0 Å². The summed E-state index contributed by atoms with van der Waals surface area (Å²) in [5, 5.41) is 9.37. The topological polar surface area (TPSA) is 37.3 Å². The van der Waals surface area contributed by atoms with Crippen molar-refractivity contribution in [2.45, 2.75) is 71.6 Å². The standard InChI is InChI=1S/C14H26O2/c1-3-4-5-6-9-12-10-7-8-11-14(12,2)13(15)16/h12H,3-11H2,1-2H3,(H,15,16). The average Bonchev–Trinajstić information content (AvgIpc) is 2.26. The molecule has 1 N–H and O–H groups in total. The summed E-state index contributed by atoms with van der Waals surface area (Å²) >= 11 is 0. The Morgan fingerprint density at radius 3 is 2.69 bits per heavy atom. The molecule has 0 aromatic carbocycles. The summed E-state index contributed by atoms with van der Waals surface area (Å²) in [6, 6.07) is 0. The SMILES string of the molecule is CCCCCCC1CCCCC1(C)C(=O)O. The van der Waals surface area contributed by atoms with E-state index in [1.54, 1.807) is 0 Å². The van der Waals surface area contributed by atoms with Gasteiger partial charge in [-0.25, -0.2) is 0 Å². The maximum absolute atomic E-state index is 11.4. The molecule has 2 unspecified atom stereocenters. The Hall–Kier alpha value is -0.530. The molecule has 0 bridgehead atoms. The maximum atomic E-state index is 11.4. The summed E-state index contributed by atoms with van der Waals surface area (Å²) in [5.41, 5.74) is -0.440. The van der Waals surface area contributed by atoms with Crippen LogP contribution in [0.15, 0.2) is 0 Å². The number of unbranched alkanes of at least 4 members (excludes halogenated alkanes) is 3. The van der Waals surface area contributed by atoms with Crippen LogP contribution in [0.5, 0.6) is 0 Å². The predicted octanol–water partition coefficient (Wildman–Crippen LogP) is 4.24. The van der Waals surface area contributed by atoms with Crippen LogP contribution in [0, 0.1) is 11.3 Å². The lowest BCUT2D eigenvalue weighted by Gasteiger charge is -2.38. The fourth-order valence-corrected chi connectivity index (χ4v) is 2.97. The highest BCUT2D eigenvalue weighted by Crippen LogP contribution is 2.43. The number of rotatable bonds is 6. The van der Waals surface area contributed by atoms with Crippen molar-refractivity contribution >= 4 is 5.97 Å². The van der Waals surface area contributed by atoms with Gasteiger partial charge in [-0.15, -0.1) is 0 Å². The molecule has 0 aliphatic heterocycles. The minimum Gasteiger partial charge on any atom is -0.481 e. The highest BCUT2D eigenvalue weighted by molar-refractivity contribution is 5.74. The van der Waals surface area contributed by atoms with E-state index in [2.05, 4.69) is 6.92 Å². The number of aliphatic carboxylic acids is 1.